The molecule has 2 N–H and O–H groups in total. The third kappa shape index (κ3) is 3.80. The molecule has 1 aliphatic rings. The maximum absolute atomic E-state index is 12.3. The molecule has 1 aromatic rings. The topological polar surface area (TPSA) is 72.6 Å². The number of hydrogen-bond donors (Lipinski definition) is 1. The quantitative estimate of drug-likeness (QED) is 0.854. The number of likely N-dealkylation sites (tertiary alicyclic amines) is 1. The van der Waals surface area contributed by atoms with E-state index in [2.05, 4.69) is 0 Å². The average Bonchev–Trinajstić information content (AvgIpc) is 2.91. The number of rotatable bonds is 4. The van der Waals surface area contributed by atoms with Crippen molar-refractivity contribution in [3.8, 4) is 0 Å². The van der Waals surface area contributed by atoms with Crippen molar-refractivity contribution in [1.29, 1.82) is 0 Å². The van der Waals surface area contributed by atoms with Gasteiger partial charge in [0.1, 0.15) is 0 Å². The normalized spacial score (nSPS) is 22.6. The van der Waals surface area contributed by atoms with Gasteiger partial charge in [-0.05, 0) is 30.7 Å². The first-order valence-electron chi connectivity index (χ1n) is 6.84. The Kier molecular flexibility index (Phi) is 5.14. The fourth-order valence-electron chi connectivity index (χ4n) is 2.57. The van der Waals surface area contributed by atoms with E-state index >= 15 is 0 Å². The molecule has 2 rings (SSSR count). The molecule has 2 heterocycles. The van der Waals surface area contributed by atoms with Crippen molar-refractivity contribution in [2.45, 2.75) is 25.8 Å². The molecule has 6 heteroatoms. The maximum atomic E-state index is 12.3. The highest BCUT2D eigenvalue weighted by molar-refractivity contribution is 7.12. The summed E-state index contributed by atoms with van der Waals surface area (Å²) < 4.78 is 4.97. The second-order valence-electron chi connectivity index (χ2n) is 5.06. The van der Waals surface area contributed by atoms with Gasteiger partial charge in [-0.2, -0.15) is 0 Å². The molecule has 0 radical (unpaired) electrons. The zero-order chi connectivity index (χ0) is 14.5. The van der Waals surface area contributed by atoms with Crippen LogP contribution in [0.2, 0.25) is 0 Å². The Hall–Kier alpha value is -1.40. The molecule has 0 aliphatic carbocycles. The van der Waals surface area contributed by atoms with Gasteiger partial charge in [-0.15, -0.1) is 11.3 Å². The number of carbonyl (C=O) groups excluding carboxylic acids is 2. The molecule has 0 spiro atoms. The summed E-state index contributed by atoms with van der Waals surface area (Å²) in [5.74, 6) is -0.124. The number of nitrogens with zero attached hydrogens (tertiary/aromatic N) is 1. The number of thiophene rings is 1. The van der Waals surface area contributed by atoms with Gasteiger partial charge in [-0.1, -0.05) is 6.07 Å². The molecular formula is C14H20N2O3S. The van der Waals surface area contributed by atoms with Crippen molar-refractivity contribution < 1.29 is 14.3 Å². The summed E-state index contributed by atoms with van der Waals surface area (Å²) in [4.78, 5) is 26.4. The molecule has 0 saturated carbocycles. The van der Waals surface area contributed by atoms with E-state index in [0.29, 0.717) is 31.0 Å². The van der Waals surface area contributed by atoms with Gasteiger partial charge >= 0.3 is 5.97 Å². The molecule has 1 fully saturated rings. The minimum atomic E-state index is -0.213. The molecule has 110 valence electrons. The van der Waals surface area contributed by atoms with Gasteiger partial charge in [0, 0.05) is 19.1 Å². The molecule has 2 unspecified atom stereocenters. The Balaban J connectivity index is 1.97. The second-order valence-corrected chi connectivity index (χ2v) is 6.01. The van der Waals surface area contributed by atoms with Crippen LogP contribution in [0.3, 0.4) is 0 Å². The highest BCUT2D eigenvalue weighted by atomic mass is 32.1. The highest BCUT2D eigenvalue weighted by Crippen LogP contribution is 2.22. The van der Waals surface area contributed by atoms with Crippen LogP contribution in [-0.2, 0) is 9.53 Å². The van der Waals surface area contributed by atoms with Crippen LogP contribution in [0.1, 0.15) is 29.4 Å². The molecule has 1 aromatic heterocycles. The number of carbonyl (C=O) groups is 2. The predicted octanol–water partition coefficient (Wildman–Crippen LogP) is 1.49. The molecule has 1 saturated heterocycles. The first-order valence-corrected chi connectivity index (χ1v) is 7.72. The molecule has 2 atom stereocenters. The van der Waals surface area contributed by atoms with Crippen molar-refractivity contribution in [2.75, 3.05) is 19.7 Å². The smallest absolute Gasteiger partial charge is 0.306 e. The van der Waals surface area contributed by atoms with Crippen molar-refractivity contribution in [3.63, 3.8) is 0 Å². The van der Waals surface area contributed by atoms with E-state index < -0.39 is 0 Å². The van der Waals surface area contributed by atoms with E-state index in [4.69, 9.17) is 10.5 Å². The SMILES string of the molecule is CCOC(=O)CC1CC(N)CN(C(=O)c2cccs2)C1. The lowest BCUT2D eigenvalue weighted by Crippen LogP contribution is -2.49. The number of amides is 1. The fourth-order valence-corrected chi connectivity index (χ4v) is 3.26. The van der Waals surface area contributed by atoms with Crippen molar-refractivity contribution in [3.05, 3.63) is 22.4 Å². The summed E-state index contributed by atoms with van der Waals surface area (Å²) in [6, 6.07) is 3.60. The van der Waals surface area contributed by atoms with E-state index in [1.807, 2.05) is 17.5 Å². The van der Waals surface area contributed by atoms with Gasteiger partial charge in [-0.25, -0.2) is 0 Å². The molecular weight excluding hydrogens is 276 g/mol. The summed E-state index contributed by atoms with van der Waals surface area (Å²) in [6.07, 6.45) is 1.09. The fraction of sp³-hybridized carbons (Fsp3) is 0.571. The Morgan fingerprint density at radius 1 is 1.50 bits per heavy atom. The zero-order valence-electron chi connectivity index (χ0n) is 11.6. The minimum Gasteiger partial charge on any atom is -0.466 e. The zero-order valence-corrected chi connectivity index (χ0v) is 12.4. The van der Waals surface area contributed by atoms with Gasteiger partial charge in [-0.3, -0.25) is 9.59 Å². The molecule has 1 aliphatic heterocycles. The van der Waals surface area contributed by atoms with Crippen LogP contribution >= 0.6 is 11.3 Å². The van der Waals surface area contributed by atoms with Crippen molar-refractivity contribution >= 4 is 23.2 Å². The third-order valence-electron chi connectivity index (χ3n) is 3.35. The van der Waals surface area contributed by atoms with Gasteiger partial charge in [0.2, 0.25) is 0 Å². The van der Waals surface area contributed by atoms with Crippen LogP contribution in [0.25, 0.3) is 0 Å². The summed E-state index contributed by atoms with van der Waals surface area (Å²) in [6.45, 7) is 3.30. The molecule has 1 amide bonds. The highest BCUT2D eigenvalue weighted by Gasteiger charge is 2.30. The molecule has 0 aromatic carbocycles. The number of ether oxygens (including phenoxy) is 1. The van der Waals surface area contributed by atoms with Gasteiger partial charge < -0.3 is 15.4 Å². The lowest BCUT2D eigenvalue weighted by atomic mass is 9.92. The summed E-state index contributed by atoms with van der Waals surface area (Å²) >= 11 is 1.43. The van der Waals surface area contributed by atoms with Crippen molar-refractivity contribution in [1.82, 2.24) is 4.90 Å². The average molecular weight is 296 g/mol. The number of hydrogen-bond acceptors (Lipinski definition) is 5. The molecule has 0 bridgehead atoms. The summed E-state index contributed by atoms with van der Waals surface area (Å²) in [5.41, 5.74) is 6.01. The number of piperidine rings is 1. The Morgan fingerprint density at radius 3 is 2.95 bits per heavy atom. The number of nitrogens with two attached hydrogens (primary N) is 1. The van der Waals surface area contributed by atoms with Crippen LogP contribution in [0.15, 0.2) is 17.5 Å². The van der Waals surface area contributed by atoms with E-state index in [9.17, 15) is 9.59 Å². The maximum Gasteiger partial charge on any atom is 0.306 e. The standard InChI is InChI=1S/C14H20N2O3S/c1-2-19-13(17)7-10-6-11(15)9-16(8-10)14(18)12-4-3-5-20-12/h3-5,10-11H,2,6-9,15H2,1H3. The van der Waals surface area contributed by atoms with Crippen LogP contribution < -0.4 is 5.73 Å². The lowest BCUT2D eigenvalue weighted by Gasteiger charge is -2.35. The first-order chi connectivity index (χ1) is 9.60. The number of esters is 1. The third-order valence-corrected chi connectivity index (χ3v) is 4.21. The minimum absolute atomic E-state index is 0.00371. The monoisotopic (exact) mass is 296 g/mol. The van der Waals surface area contributed by atoms with E-state index in [-0.39, 0.29) is 23.8 Å². The largest absolute Gasteiger partial charge is 0.466 e. The van der Waals surface area contributed by atoms with Crippen LogP contribution in [0, 0.1) is 5.92 Å². The molecule has 5 nitrogen and oxygen atoms in total. The first kappa shape index (κ1) is 15.0. The lowest BCUT2D eigenvalue weighted by molar-refractivity contribution is -0.144. The predicted molar refractivity (Wildman–Crippen MR) is 77.6 cm³/mol. The van der Waals surface area contributed by atoms with E-state index in [1.54, 1.807) is 11.8 Å². The van der Waals surface area contributed by atoms with Gasteiger partial charge in [0.05, 0.1) is 17.9 Å². The van der Waals surface area contributed by atoms with E-state index in [0.717, 1.165) is 6.42 Å². The Labute approximate surface area is 122 Å². The van der Waals surface area contributed by atoms with Gasteiger partial charge in [0.15, 0.2) is 0 Å². The summed E-state index contributed by atoms with van der Waals surface area (Å²) in [7, 11) is 0. The van der Waals surface area contributed by atoms with E-state index in [1.165, 1.54) is 11.3 Å². The van der Waals surface area contributed by atoms with Crippen molar-refractivity contribution in [2.24, 2.45) is 11.7 Å². The molecule has 20 heavy (non-hydrogen) atoms. The van der Waals surface area contributed by atoms with Gasteiger partial charge in [0.25, 0.3) is 5.91 Å². The van der Waals surface area contributed by atoms with Crippen LogP contribution in [0.5, 0.6) is 0 Å². The Morgan fingerprint density at radius 2 is 2.30 bits per heavy atom. The second kappa shape index (κ2) is 6.85. The Bertz CT molecular complexity index is 461. The van der Waals surface area contributed by atoms with Crippen LogP contribution in [-0.4, -0.2) is 42.5 Å². The summed E-state index contributed by atoms with van der Waals surface area (Å²) in [5, 5.41) is 1.88. The van der Waals surface area contributed by atoms with Crippen LogP contribution in [0.4, 0.5) is 0 Å².